The van der Waals surface area contributed by atoms with Gasteiger partial charge in [-0.1, -0.05) is 23.2 Å². The van der Waals surface area contributed by atoms with Crippen LogP contribution in [0.2, 0.25) is 10.0 Å². The molecule has 1 aliphatic rings. The molecular weight excluding hydrogens is 267 g/mol. The molecule has 2 nitrogen and oxygen atoms in total. The predicted molar refractivity (Wildman–Crippen MR) is 78.7 cm³/mol. The van der Waals surface area contributed by atoms with Gasteiger partial charge in [0.05, 0.1) is 0 Å². The van der Waals surface area contributed by atoms with E-state index >= 15 is 0 Å². The smallest absolute Gasteiger partial charge is 0.0423 e. The largest absolute Gasteiger partial charge is 0.315 e. The molecule has 1 heterocycles. The third kappa shape index (κ3) is 4.77. The summed E-state index contributed by atoms with van der Waals surface area (Å²) in [5, 5.41) is 4.89. The number of aryl methyl sites for hydroxylation is 1. The van der Waals surface area contributed by atoms with E-state index in [-0.39, 0.29) is 0 Å². The van der Waals surface area contributed by atoms with Gasteiger partial charge < -0.3 is 10.2 Å². The van der Waals surface area contributed by atoms with Gasteiger partial charge in [-0.05, 0) is 62.7 Å². The third-order valence-electron chi connectivity index (χ3n) is 3.29. The van der Waals surface area contributed by atoms with Gasteiger partial charge in [0.2, 0.25) is 0 Å². The van der Waals surface area contributed by atoms with Crippen molar-refractivity contribution >= 4 is 23.2 Å². The van der Waals surface area contributed by atoms with Crippen LogP contribution in [-0.2, 0) is 6.42 Å². The number of hydrogen-bond acceptors (Lipinski definition) is 2. The predicted octanol–water partition coefficient (Wildman–Crippen LogP) is 3.22. The maximum Gasteiger partial charge on any atom is 0.0423 e. The molecule has 1 aromatic rings. The van der Waals surface area contributed by atoms with E-state index in [0.717, 1.165) is 49.1 Å². The lowest BCUT2D eigenvalue weighted by Crippen LogP contribution is -2.29. The maximum atomic E-state index is 6.00. The Morgan fingerprint density at radius 3 is 2.61 bits per heavy atom. The van der Waals surface area contributed by atoms with E-state index in [1.807, 2.05) is 12.1 Å². The van der Waals surface area contributed by atoms with Crippen molar-refractivity contribution in [2.24, 2.45) is 0 Å². The minimum atomic E-state index is 0.733. The van der Waals surface area contributed by atoms with Crippen molar-refractivity contribution in [3.63, 3.8) is 0 Å². The van der Waals surface area contributed by atoms with Crippen molar-refractivity contribution in [2.45, 2.75) is 19.3 Å². The Hall–Kier alpha value is -0.280. The van der Waals surface area contributed by atoms with Crippen molar-refractivity contribution in [3.8, 4) is 0 Å². The van der Waals surface area contributed by atoms with Crippen LogP contribution in [0.25, 0.3) is 0 Å². The Labute approximate surface area is 119 Å². The fourth-order valence-electron chi connectivity index (χ4n) is 2.39. The van der Waals surface area contributed by atoms with Crippen molar-refractivity contribution in [1.82, 2.24) is 10.2 Å². The SMILES string of the molecule is Clc1cc(Cl)cc(CCCN2CCCNCC2)c1. The van der Waals surface area contributed by atoms with E-state index < -0.39 is 0 Å². The van der Waals surface area contributed by atoms with Crippen LogP contribution in [0.3, 0.4) is 0 Å². The second-order valence-corrected chi connectivity index (χ2v) is 5.70. The first kappa shape index (κ1) is 14.1. The molecule has 0 aliphatic carbocycles. The van der Waals surface area contributed by atoms with Crippen LogP contribution in [0.5, 0.6) is 0 Å². The average Bonchev–Trinajstić information content (AvgIpc) is 2.56. The molecule has 0 saturated carbocycles. The molecule has 2 rings (SSSR count). The van der Waals surface area contributed by atoms with Crippen LogP contribution in [0.4, 0.5) is 0 Å². The molecule has 100 valence electrons. The molecule has 1 saturated heterocycles. The summed E-state index contributed by atoms with van der Waals surface area (Å²) in [5.41, 5.74) is 1.24. The maximum absolute atomic E-state index is 6.00. The van der Waals surface area contributed by atoms with E-state index in [2.05, 4.69) is 10.2 Å². The molecule has 1 N–H and O–H groups in total. The quantitative estimate of drug-likeness (QED) is 0.914. The fourth-order valence-corrected chi connectivity index (χ4v) is 2.96. The lowest BCUT2D eigenvalue weighted by molar-refractivity contribution is 0.289. The Balaban J connectivity index is 1.77. The van der Waals surface area contributed by atoms with Crippen LogP contribution < -0.4 is 5.32 Å². The van der Waals surface area contributed by atoms with Crippen LogP contribution in [0.15, 0.2) is 18.2 Å². The summed E-state index contributed by atoms with van der Waals surface area (Å²) < 4.78 is 0. The first-order valence-corrected chi connectivity index (χ1v) is 7.38. The van der Waals surface area contributed by atoms with Gasteiger partial charge in [-0.3, -0.25) is 0 Å². The number of nitrogens with zero attached hydrogens (tertiary/aromatic N) is 1. The molecule has 0 amide bonds. The molecule has 0 bridgehead atoms. The zero-order chi connectivity index (χ0) is 12.8. The summed E-state index contributed by atoms with van der Waals surface area (Å²) in [6.45, 7) is 5.80. The van der Waals surface area contributed by atoms with Crippen LogP contribution >= 0.6 is 23.2 Å². The molecule has 1 fully saturated rings. The van der Waals surface area contributed by atoms with Crippen LogP contribution in [-0.4, -0.2) is 37.6 Å². The highest BCUT2D eigenvalue weighted by atomic mass is 35.5. The Morgan fingerprint density at radius 1 is 1.06 bits per heavy atom. The topological polar surface area (TPSA) is 15.3 Å². The first-order valence-electron chi connectivity index (χ1n) is 6.62. The number of nitrogens with one attached hydrogen (secondary N) is 1. The minimum absolute atomic E-state index is 0.733. The van der Waals surface area contributed by atoms with Gasteiger partial charge in [0.1, 0.15) is 0 Å². The zero-order valence-corrected chi connectivity index (χ0v) is 12.1. The molecule has 0 spiro atoms. The zero-order valence-electron chi connectivity index (χ0n) is 10.6. The summed E-state index contributed by atoms with van der Waals surface area (Å²) in [5.74, 6) is 0. The highest BCUT2D eigenvalue weighted by Gasteiger charge is 2.08. The second-order valence-electron chi connectivity index (χ2n) is 4.83. The van der Waals surface area contributed by atoms with E-state index in [1.54, 1.807) is 6.07 Å². The summed E-state index contributed by atoms with van der Waals surface area (Å²) in [7, 11) is 0. The van der Waals surface area contributed by atoms with Crippen LogP contribution in [0, 0.1) is 0 Å². The lowest BCUT2D eigenvalue weighted by Gasteiger charge is -2.19. The minimum Gasteiger partial charge on any atom is -0.315 e. The first-order chi connectivity index (χ1) is 8.74. The molecule has 1 aliphatic heterocycles. The van der Waals surface area contributed by atoms with Gasteiger partial charge in [0.15, 0.2) is 0 Å². The molecular formula is C14H20Cl2N2. The fraction of sp³-hybridized carbons (Fsp3) is 0.571. The Bertz CT molecular complexity index is 354. The Morgan fingerprint density at radius 2 is 1.83 bits per heavy atom. The summed E-state index contributed by atoms with van der Waals surface area (Å²) in [6.07, 6.45) is 3.46. The third-order valence-corrected chi connectivity index (χ3v) is 3.73. The van der Waals surface area contributed by atoms with Crippen molar-refractivity contribution in [3.05, 3.63) is 33.8 Å². The van der Waals surface area contributed by atoms with Gasteiger partial charge in [-0.15, -0.1) is 0 Å². The molecule has 4 heteroatoms. The van der Waals surface area contributed by atoms with Crippen molar-refractivity contribution < 1.29 is 0 Å². The van der Waals surface area contributed by atoms with E-state index in [9.17, 15) is 0 Å². The summed E-state index contributed by atoms with van der Waals surface area (Å²) >= 11 is 12.0. The highest BCUT2D eigenvalue weighted by Crippen LogP contribution is 2.20. The number of hydrogen-bond donors (Lipinski definition) is 1. The molecule has 1 aromatic carbocycles. The average molecular weight is 287 g/mol. The molecule has 18 heavy (non-hydrogen) atoms. The van der Waals surface area contributed by atoms with Gasteiger partial charge in [-0.2, -0.15) is 0 Å². The summed E-state index contributed by atoms with van der Waals surface area (Å²) in [4.78, 5) is 2.53. The van der Waals surface area contributed by atoms with Gasteiger partial charge in [0.25, 0.3) is 0 Å². The van der Waals surface area contributed by atoms with E-state index in [1.165, 1.54) is 18.5 Å². The lowest BCUT2D eigenvalue weighted by atomic mass is 10.1. The normalized spacial score (nSPS) is 17.7. The number of rotatable bonds is 4. The van der Waals surface area contributed by atoms with Crippen LogP contribution in [0.1, 0.15) is 18.4 Å². The molecule has 0 radical (unpaired) electrons. The summed E-state index contributed by atoms with van der Waals surface area (Å²) in [6, 6.07) is 5.81. The number of halogens is 2. The number of benzene rings is 1. The van der Waals surface area contributed by atoms with E-state index in [4.69, 9.17) is 23.2 Å². The monoisotopic (exact) mass is 286 g/mol. The van der Waals surface area contributed by atoms with Gasteiger partial charge in [-0.25, -0.2) is 0 Å². The molecule has 0 atom stereocenters. The van der Waals surface area contributed by atoms with Crippen molar-refractivity contribution in [2.75, 3.05) is 32.7 Å². The van der Waals surface area contributed by atoms with Gasteiger partial charge in [0, 0.05) is 23.1 Å². The standard InChI is InChI=1S/C14H20Cl2N2/c15-13-9-12(10-14(16)11-13)3-1-6-18-7-2-4-17-5-8-18/h9-11,17H,1-8H2. The van der Waals surface area contributed by atoms with Gasteiger partial charge >= 0.3 is 0 Å². The van der Waals surface area contributed by atoms with E-state index in [0.29, 0.717) is 0 Å². The Kier molecular flexibility index (Phi) is 5.77. The molecule has 0 unspecified atom stereocenters. The van der Waals surface area contributed by atoms with Crippen molar-refractivity contribution in [1.29, 1.82) is 0 Å². The molecule has 0 aromatic heterocycles. The second kappa shape index (κ2) is 7.34. The highest BCUT2D eigenvalue weighted by molar-refractivity contribution is 6.34.